The number of esters is 1. The van der Waals surface area contributed by atoms with Crippen molar-refractivity contribution in [3.63, 3.8) is 0 Å². The molecule has 0 saturated heterocycles. The number of ether oxygens (including phenoxy) is 3. The summed E-state index contributed by atoms with van der Waals surface area (Å²) in [5.74, 6) is 0.932. The average Bonchev–Trinajstić information content (AvgIpc) is 2.98. The Morgan fingerprint density at radius 3 is 2.77 bits per heavy atom. The predicted octanol–water partition coefficient (Wildman–Crippen LogP) is 4.70. The van der Waals surface area contributed by atoms with Crippen LogP contribution in [0.1, 0.15) is 18.1 Å². The van der Waals surface area contributed by atoms with Crippen LogP contribution in [0.5, 0.6) is 11.5 Å². The second kappa shape index (κ2) is 8.09. The zero-order valence-electron chi connectivity index (χ0n) is 14.1. The van der Waals surface area contributed by atoms with E-state index in [9.17, 15) is 4.79 Å². The number of aliphatic imine (C=N–C) groups is 1. The molecule has 2 aromatic rings. The minimum absolute atomic E-state index is 0.194. The number of benzene rings is 2. The summed E-state index contributed by atoms with van der Waals surface area (Å²) in [6.07, 6.45) is 1.65. The van der Waals surface area contributed by atoms with Crippen molar-refractivity contribution in [2.45, 2.75) is 6.92 Å². The minimum atomic E-state index is -0.525. The zero-order chi connectivity index (χ0) is 18.7. The first kappa shape index (κ1) is 18.7. The molecule has 0 amide bonds. The maximum atomic E-state index is 12.2. The van der Waals surface area contributed by atoms with Crippen LogP contribution in [0.15, 0.2) is 47.1 Å². The van der Waals surface area contributed by atoms with Gasteiger partial charge in [-0.15, -0.1) is 0 Å². The molecule has 134 valence electrons. The molecule has 26 heavy (non-hydrogen) atoms. The predicted molar refractivity (Wildman–Crippen MR) is 109 cm³/mol. The molecule has 0 atom stereocenters. The molecule has 1 heterocycles. The van der Waals surface area contributed by atoms with Gasteiger partial charge in [-0.05, 0) is 65.4 Å². The van der Waals surface area contributed by atoms with Crippen molar-refractivity contribution in [3.8, 4) is 11.5 Å². The van der Waals surface area contributed by atoms with Gasteiger partial charge in [-0.1, -0.05) is 23.7 Å². The fourth-order valence-electron chi connectivity index (χ4n) is 2.42. The van der Waals surface area contributed by atoms with Crippen LogP contribution in [0.4, 0.5) is 0 Å². The Hall–Kier alpha value is -2.06. The van der Waals surface area contributed by atoms with Crippen LogP contribution in [0.25, 0.3) is 6.08 Å². The summed E-state index contributed by atoms with van der Waals surface area (Å²) in [5, 5.41) is 0.470. The highest BCUT2D eigenvalue weighted by molar-refractivity contribution is 14.1. The van der Waals surface area contributed by atoms with Crippen molar-refractivity contribution in [1.29, 1.82) is 0 Å². The van der Waals surface area contributed by atoms with Gasteiger partial charge in [0.05, 0.1) is 27.9 Å². The van der Waals surface area contributed by atoms with E-state index in [1.54, 1.807) is 43.5 Å². The lowest BCUT2D eigenvalue weighted by molar-refractivity contribution is -0.129. The molecular formula is C19H15ClINO4. The largest absolute Gasteiger partial charge is 0.493 e. The summed E-state index contributed by atoms with van der Waals surface area (Å²) in [6.45, 7) is 2.44. The topological polar surface area (TPSA) is 57.1 Å². The van der Waals surface area contributed by atoms with Crippen LogP contribution in [0, 0.1) is 3.57 Å². The Balaban J connectivity index is 1.98. The Bertz CT molecular complexity index is 924. The second-order valence-electron chi connectivity index (χ2n) is 5.28. The number of nitrogens with zero attached hydrogens (tertiary/aromatic N) is 1. The molecule has 0 bridgehead atoms. The second-order valence-corrected chi connectivity index (χ2v) is 6.85. The third-order valence-corrected chi connectivity index (χ3v) is 4.70. The fourth-order valence-corrected chi connectivity index (χ4v) is 3.42. The molecule has 2 aromatic carbocycles. The molecule has 5 nitrogen and oxygen atoms in total. The highest BCUT2D eigenvalue weighted by atomic mass is 127. The van der Waals surface area contributed by atoms with Crippen molar-refractivity contribution < 1.29 is 19.0 Å². The van der Waals surface area contributed by atoms with Crippen LogP contribution in [0.3, 0.4) is 0 Å². The third kappa shape index (κ3) is 3.86. The third-order valence-electron chi connectivity index (χ3n) is 3.57. The monoisotopic (exact) mass is 483 g/mol. The van der Waals surface area contributed by atoms with Crippen molar-refractivity contribution in [2.75, 3.05) is 13.7 Å². The van der Waals surface area contributed by atoms with E-state index < -0.39 is 5.97 Å². The summed E-state index contributed by atoms with van der Waals surface area (Å²) >= 11 is 8.31. The van der Waals surface area contributed by atoms with Crippen molar-refractivity contribution >= 4 is 52.1 Å². The lowest BCUT2D eigenvalue weighted by atomic mass is 10.1. The van der Waals surface area contributed by atoms with Gasteiger partial charge < -0.3 is 14.2 Å². The number of hydrogen-bond acceptors (Lipinski definition) is 5. The molecule has 0 unspecified atom stereocenters. The first-order valence-corrected chi connectivity index (χ1v) is 9.27. The van der Waals surface area contributed by atoms with Gasteiger partial charge in [-0.2, -0.15) is 0 Å². The molecule has 0 fully saturated rings. The molecule has 0 saturated carbocycles. The van der Waals surface area contributed by atoms with E-state index in [-0.39, 0.29) is 11.6 Å². The summed E-state index contributed by atoms with van der Waals surface area (Å²) in [4.78, 5) is 16.5. The maximum absolute atomic E-state index is 12.2. The van der Waals surface area contributed by atoms with E-state index in [1.165, 1.54) is 0 Å². The highest BCUT2D eigenvalue weighted by Crippen LogP contribution is 2.35. The van der Waals surface area contributed by atoms with Crippen LogP contribution in [-0.4, -0.2) is 25.6 Å². The molecule has 0 N–H and O–H groups in total. The Labute approximate surface area is 169 Å². The van der Waals surface area contributed by atoms with Gasteiger partial charge in [0.15, 0.2) is 17.2 Å². The zero-order valence-corrected chi connectivity index (χ0v) is 17.0. The van der Waals surface area contributed by atoms with Crippen LogP contribution in [0.2, 0.25) is 5.02 Å². The van der Waals surface area contributed by atoms with Crippen LogP contribution < -0.4 is 9.47 Å². The maximum Gasteiger partial charge on any atom is 0.363 e. The molecule has 3 rings (SSSR count). The van der Waals surface area contributed by atoms with Gasteiger partial charge in [0.1, 0.15) is 0 Å². The summed E-state index contributed by atoms with van der Waals surface area (Å²) in [5.41, 5.74) is 1.53. The molecule has 0 spiro atoms. The number of carbonyl (C=O) groups excluding carboxylic acids is 1. The summed E-state index contributed by atoms with van der Waals surface area (Å²) in [7, 11) is 1.57. The fraction of sp³-hybridized carbons (Fsp3) is 0.158. The number of methoxy groups -OCH3 is 1. The van der Waals surface area contributed by atoms with E-state index in [1.807, 2.05) is 13.0 Å². The summed E-state index contributed by atoms with van der Waals surface area (Å²) in [6, 6.07) is 10.7. The van der Waals surface area contributed by atoms with E-state index >= 15 is 0 Å². The molecule has 0 radical (unpaired) electrons. The number of hydrogen-bond donors (Lipinski definition) is 0. The summed E-state index contributed by atoms with van der Waals surface area (Å²) < 4.78 is 17.1. The van der Waals surface area contributed by atoms with E-state index in [0.717, 1.165) is 9.13 Å². The van der Waals surface area contributed by atoms with E-state index in [2.05, 4.69) is 27.6 Å². The molecule has 0 aliphatic carbocycles. The van der Waals surface area contributed by atoms with Gasteiger partial charge in [0.25, 0.3) is 0 Å². The van der Waals surface area contributed by atoms with Gasteiger partial charge >= 0.3 is 5.97 Å². The van der Waals surface area contributed by atoms with Crippen molar-refractivity contribution in [3.05, 3.63) is 61.8 Å². The number of halogens is 2. The number of carbonyl (C=O) groups is 1. The van der Waals surface area contributed by atoms with Crippen LogP contribution >= 0.6 is 34.2 Å². The molecule has 0 aromatic heterocycles. The van der Waals surface area contributed by atoms with E-state index in [0.29, 0.717) is 28.7 Å². The minimum Gasteiger partial charge on any atom is -0.493 e. The number of cyclic esters (lactones) is 1. The first-order chi connectivity index (χ1) is 12.5. The van der Waals surface area contributed by atoms with E-state index in [4.69, 9.17) is 25.8 Å². The molecule has 1 aliphatic heterocycles. The molecular weight excluding hydrogens is 469 g/mol. The Morgan fingerprint density at radius 2 is 2.08 bits per heavy atom. The van der Waals surface area contributed by atoms with Gasteiger partial charge in [-0.25, -0.2) is 9.79 Å². The standard InChI is InChI=1S/C19H15ClINO4/c1-3-25-17-14(21)8-11(10-16(17)24-2)9-15-19(23)26-18(22-15)12-6-4-5-7-13(12)20/h4-10H,3H2,1-2H3. The Morgan fingerprint density at radius 1 is 1.31 bits per heavy atom. The Kier molecular flexibility index (Phi) is 5.83. The lowest BCUT2D eigenvalue weighted by Crippen LogP contribution is -2.05. The molecule has 1 aliphatic rings. The van der Waals surface area contributed by atoms with Crippen molar-refractivity contribution in [2.24, 2.45) is 4.99 Å². The normalized spacial score (nSPS) is 15.0. The smallest absolute Gasteiger partial charge is 0.363 e. The molecule has 7 heteroatoms. The average molecular weight is 484 g/mol. The lowest BCUT2D eigenvalue weighted by Gasteiger charge is -2.12. The highest BCUT2D eigenvalue weighted by Gasteiger charge is 2.25. The SMILES string of the molecule is CCOc1c(I)cc(C=C2N=C(c3ccccc3Cl)OC2=O)cc1OC. The quantitative estimate of drug-likeness (QED) is 0.352. The van der Waals surface area contributed by atoms with Gasteiger partial charge in [-0.3, -0.25) is 0 Å². The van der Waals surface area contributed by atoms with Crippen molar-refractivity contribution in [1.82, 2.24) is 0 Å². The van der Waals surface area contributed by atoms with Gasteiger partial charge in [0, 0.05) is 0 Å². The van der Waals surface area contributed by atoms with Gasteiger partial charge in [0.2, 0.25) is 5.90 Å². The number of rotatable bonds is 5. The first-order valence-electron chi connectivity index (χ1n) is 7.81. The van der Waals surface area contributed by atoms with Crippen LogP contribution in [-0.2, 0) is 9.53 Å².